The highest BCUT2D eigenvalue weighted by Crippen LogP contribution is 2.25. The fraction of sp³-hybridized carbons (Fsp3) is 0.533. The summed E-state index contributed by atoms with van der Waals surface area (Å²) in [5.74, 6) is 0.184. The number of carbonyl (C=O) groups excluding carboxylic acids is 1. The first kappa shape index (κ1) is 13.5. The van der Waals surface area contributed by atoms with Crippen LogP contribution in [0.3, 0.4) is 0 Å². The van der Waals surface area contributed by atoms with Crippen molar-refractivity contribution in [1.82, 2.24) is 0 Å². The lowest BCUT2D eigenvalue weighted by molar-refractivity contribution is -0.123. The van der Waals surface area contributed by atoms with Gasteiger partial charge in [-0.05, 0) is 42.5 Å². The van der Waals surface area contributed by atoms with Crippen LogP contribution in [0.1, 0.15) is 38.3 Å². The van der Waals surface area contributed by atoms with Gasteiger partial charge < -0.3 is 0 Å². The number of hydrogen-bond donors (Lipinski definition) is 0. The second-order valence-electron chi connectivity index (χ2n) is 5.95. The molecule has 2 nitrogen and oxygen atoms in total. The Balaban J connectivity index is 2.13. The Morgan fingerprint density at radius 3 is 2.56 bits per heavy atom. The van der Waals surface area contributed by atoms with Crippen molar-refractivity contribution in [3.05, 3.63) is 29.3 Å². The molecule has 0 saturated carbocycles. The molecule has 0 bridgehead atoms. The second-order valence-corrected chi connectivity index (χ2v) is 7.40. The van der Waals surface area contributed by atoms with Crippen LogP contribution in [0.4, 0.5) is 0 Å². The molecule has 1 aromatic rings. The normalized spacial score (nSPS) is 16.4. The maximum Gasteiger partial charge on any atom is 0.151 e. The van der Waals surface area contributed by atoms with Crippen molar-refractivity contribution in [3.63, 3.8) is 0 Å². The first-order valence-corrected chi connectivity index (χ1v) is 7.73. The van der Waals surface area contributed by atoms with E-state index in [0.29, 0.717) is 0 Å². The molecule has 1 aliphatic carbocycles. The summed E-state index contributed by atoms with van der Waals surface area (Å²) >= 11 is 0. The fourth-order valence-corrected chi connectivity index (χ4v) is 3.44. The number of rotatable bonds is 3. The fourth-order valence-electron chi connectivity index (χ4n) is 2.11. The number of ketones is 1. The highest BCUT2D eigenvalue weighted by atomic mass is 32.2. The molecular formula is C15H20O2S. The minimum absolute atomic E-state index is 0.0568. The third-order valence-electron chi connectivity index (χ3n) is 3.43. The Kier molecular flexibility index (Phi) is 3.71. The molecule has 0 fully saturated rings. The zero-order valence-corrected chi connectivity index (χ0v) is 12.1. The van der Waals surface area contributed by atoms with Crippen LogP contribution in [0.5, 0.6) is 0 Å². The number of fused-ring (bicyclic) bond motifs is 1. The lowest BCUT2D eigenvalue weighted by Gasteiger charge is -2.16. The van der Waals surface area contributed by atoms with E-state index in [4.69, 9.17) is 0 Å². The van der Waals surface area contributed by atoms with Gasteiger partial charge in [0.15, 0.2) is 5.78 Å². The summed E-state index contributed by atoms with van der Waals surface area (Å²) in [7, 11) is -1.20. The highest BCUT2D eigenvalue weighted by Gasteiger charge is 2.24. The van der Waals surface area contributed by atoms with Gasteiger partial charge in [0.05, 0.1) is 16.6 Å². The van der Waals surface area contributed by atoms with Gasteiger partial charge in [0.25, 0.3) is 0 Å². The Morgan fingerprint density at radius 2 is 1.89 bits per heavy atom. The summed E-state index contributed by atoms with van der Waals surface area (Å²) in [6.45, 7) is 5.61. The summed E-state index contributed by atoms with van der Waals surface area (Å²) in [6, 6.07) is 6.00. The van der Waals surface area contributed by atoms with Crippen LogP contribution in [0.25, 0.3) is 0 Å². The van der Waals surface area contributed by atoms with Crippen molar-refractivity contribution in [2.45, 2.75) is 44.9 Å². The predicted octanol–water partition coefficient (Wildman–Crippen LogP) is 2.90. The maximum atomic E-state index is 12.2. The summed E-state index contributed by atoms with van der Waals surface area (Å²) in [6.07, 6.45) is 3.39. The van der Waals surface area contributed by atoms with Crippen LogP contribution >= 0.6 is 0 Å². The third-order valence-corrected chi connectivity index (χ3v) is 4.74. The molecule has 0 spiro atoms. The molecule has 0 N–H and O–H groups in total. The van der Waals surface area contributed by atoms with Gasteiger partial charge in [0.2, 0.25) is 0 Å². The van der Waals surface area contributed by atoms with E-state index in [2.05, 4.69) is 6.07 Å². The molecule has 0 amide bonds. The number of Topliss-reactive ketones (excluding diaryl/α,β-unsaturated/α-hetero) is 1. The van der Waals surface area contributed by atoms with Crippen molar-refractivity contribution in [3.8, 4) is 0 Å². The highest BCUT2D eigenvalue weighted by molar-refractivity contribution is 7.85. The molecule has 1 aliphatic rings. The topological polar surface area (TPSA) is 34.1 Å². The first-order chi connectivity index (χ1) is 8.38. The van der Waals surface area contributed by atoms with Crippen molar-refractivity contribution < 1.29 is 9.00 Å². The molecule has 0 aliphatic heterocycles. The molecule has 2 rings (SSSR count). The largest absolute Gasteiger partial charge is 0.298 e. The quantitative estimate of drug-likeness (QED) is 0.841. The summed E-state index contributed by atoms with van der Waals surface area (Å²) < 4.78 is 12.2. The lowest BCUT2D eigenvalue weighted by Crippen LogP contribution is -2.25. The van der Waals surface area contributed by atoms with Gasteiger partial charge in [-0.1, -0.05) is 26.8 Å². The van der Waals surface area contributed by atoms with Gasteiger partial charge in [-0.15, -0.1) is 0 Å². The van der Waals surface area contributed by atoms with Gasteiger partial charge in [-0.3, -0.25) is 9.00 Å². The summed E-state index contributed by atoms with van der Waals surface area (Å²) in [5, 5.41) is 0. The first-order valence-electron chi connectivity index (χ1n) is 6.41. The average Bonchev–Trinajstić information content (AvgIpc) is 2.74. The minimum atomic E-state index is -1.20. The number of benzene rings is 1. The Morgan fingerprint density at radius 1 is 1.22 bits per heavy atom. The predicted molar refractivity (Wildman–Crippen MR) is 74.2 cm³/mol. The smallest absolute Gasteiger partial charge is 0.151 e. The number of carbonyl (C=O) groups is 1. The van der Waals surface area contributed by atoms with Gasteiger partial charge in [-0.2, -0.15) is 0 Å². The zero-order chi connectivity index (χ0) is 13.3. The van der Waals surface area contributed by atoms with Crippen molar-refractivity contribution in [2.75, 3.05) is 5.75 Å². The van der Waals surface area contributed by atoms with E-state index in [-0.39, 0.29) is 11.5 Å². The van der Waals surface area contributed by atoms with Crippen LogP contribution in [0, 0.1) is 5.41 Å². The minimum Gasteiger partial charge on any atom is -0.298 e. The third kappa shape index (κ3) is 2.89. The van der Waals surface area contributed by atoms with Crippen molar-refractivity contribution in [1.29, 1.82) is 0 Å². The van der Waals surface area contributed by atoms with Gasteiger partial charge in [-0.25, -0.2) is 0 Å². The summed E-state index contributed by atoms with van der Waals surface area (Å²) in [4.78, 5) is 12.7. The molecule has 0 heterocycles. The molecule has 98 valence electrons. The van der Waals surface area contributed by atoms with Crippen molar-refractivity contribution >= 4 is 16.6 Å². The zero-order valence-electron chi connectivity index (χ0n) is 11.3. The second kappa shape index (κ2) is 4.96. The molecule has 1 aromatic carbocycles. The average molecular weight is 264 g/mol. The van der Waals surface area contributed by atoms with E-state index >= 15 is 0 Å². The van der Waals surface area contributed by atoms with Crippen LogP contribution in [-0.2, 0) is 28.4 Å². The van der Waals surface area contributed by atoms with Gasteiger partial charge >= 0.3 is 0 Å². The van der Waals surface area contributed by atoms with E-state index in [9.17, 15) is 9.00 Å². The Bertz CT molecular complexity index is 498. The SMILES string of the molecule is CC(C)(C)C(=O)CS(=O)c1ccc2c(c1)CCC2. The summed E-state index contributed by atoms with van der Waals surface area (Å²) in [5.41, 5.74) is 2.27. The van der Waals surface area contributed by atoms with Crippen molar-refractivity contribution in [2.24, 2.45) is 5.41 Å². The molecule has 0 radical (unpaired) electrons. The molecule has 3 heteroatoms. The van der Waals surface area contributed by atoms with E-state index in [1.165, 1.54) is 17.5 Å². The van der Waals surface area contributed by atoms with E-state index in [1.54, 1.807) is 0 Å². The van der Waals surface area contributed by atoms with E-state index in [0.717, 1.165) is 17.7 Å². The lowest BCUT2D eigenvalue weighted by atomic mass is 9.92. The monoisotopic (exact) mass is 264 g/mol. The maximum absolute atomic E-state index is 12.2. The van der Waals surface area contributed by atoms with E-state index < -0.39 is 16.2 Å². The van der Waals surface area contributed by atoms with Crippen LogP contribution in [-0.4, -0.2) is 15.7 Å². The Labute approximate surface area is 111 Å². The molecular weight excluding hydrogens is 244 g/mol. The van der Waals surface area contributed by atoms with Crippen LogP contribution in [0.15, 0.2) is 23.1 Å². The molecule has 0 aromatic heterocycles. The molecule has 1 unspecified atom stereocenters. The number of aryl methyl sites for hydroxylation is 2. The Hall–Kier alpha value is -0.960. The van der Waals surface area contributed by atoms with Gasteiger partial charge in [0.1, 0.15) is 0 Å². The standard InChI is InChI=1S/C15H20O2S/c1-15(2,3)14(16)10-18(17)13-8-7-11-5-4-6-12(11)9-13/h7-9H,4-6,10H2,1-3H3. The molecule has 1 atom stereocenters. The van der Waals surface area contributed by atoms with E-state index in [1.807, 2.05) is 32.9 Å². The van der Waals surface area contributed by atoms with Gasteiger partial charge in [0, 0.05) is 10.3 Å². The molecule has 18 heavy (non-hydrogen) atoms. The number of hydrogen-bond acceptors (Lipinski definition) is 2. The van der Waals surface area contributed by atoms with Crippen LogP contribution in [0.2, 0.25) is 0 Å². The molecule has 0 saturated heterocycles. The van der Waals surface area contributed by atoms with Crippen LogP contribution < -0.4 is 0 Å².